The number of ether oxygens (including phenoxy) is 3. The van der Waals surface area contributed by atoms with Crippen LogP contribution in [0.1, 0.15) is 18.2 Å². The van der Waals surface area contributed by atoms with Crippen molar-refractivity contribution >= 4 is 11.8 Å². The van der Waals surface area contributed by atoms with Gasteiger partial charge in [-0.1, -0.05) is 48.5 Å². The predicted octanol–water partition coefficient (Wildman–Crippen LogP) is 3.92. The third-order valence-electron chi connectivity index (χ3n) is 4.97. The van der Waals surface area contributed by atoms with E-state index in [1.807, 2.05) is 48.5 Å². The number of aromatic nitrogens is 2. The minimum atomic E-state index is -0.418. The van der Waals surface area contributed by atoms with Crippen LogP contribution in [0.25, 0.3) is 0 Å². The highest BCUT2D eigenvalue weighted by Gasteiger charge is 2.37. The molecule has 1 fully saturated rings. The van der Waals surface area contributed by atoms with Crippen LogP contribution in [-0.2, 0) is 16.1 Å². The Balaban J connectivity index is 1.48. The summed E-state index contributed by atoms with van der Waals surface area (Å²) in [5, 5.41) is 0. The van der Waals surface area contributed by atoms with E-state index in [-0.39, 0.29) is 12.2 Å². The van der Waals surface area contributed by atoms with Crippen LogP contribution < -0.4 is 10.4 Å². The van der Waals surface area contributed by atoms with Gasteiger partial charge in [0.25, 0.3) is 0 Å². The molecule has 1 aliphatic heterocycles. The Hall–Kier alpha value is -2.61. The fourth-order valence-electron chi connectivity index (χ4n) is 3.40. The molecule has 7 heteroatoms. The summed E-state index contributed by atoms with van der Waals surface area (Å²) in [7, 11) is 1.49. The first kappa shape index (κ1) is 20.7. The van der Waals surface area contributed by atoms with Gasteiger partial charge in [-0.25, -0.2) is 4.79 Å². The van der Waals surface area contributed by atoms with Crippen molar-refractivity contribution < 1.29 is 14.2 Å². The Labute approximate surface area is 179 Å². The lowest BCUT2D eigenvalue weighted by molar-refractivity contribution is -0.0317. The number of benzene rings is 2. The fourth-order valence-corrected chi connectivity index (χ4v) is 4.40. The highest BCUT2D eigenvalue weighted by molar-refractivity contribution is 7.99. The first-order valence-corrected chi connectivity index (χ1v) is 10.8. The Morgan fingerprint density at radius 1 is 1.10 bits per heavy atom. The molecule has 0 unspecified atom stereocenters. The molecule has 2 aromatic carbocycles. The summed E-state index contributed by atoms with van der Waals surface area (Å²) in [6, 6.07) is 21.9. The lowest BCUT2D eigenvalue weighted by atomic mass is 10.2. The van der Waals surface area contributed by atoms with E-state index in [1.165, 1.54) is 16.6 Å². The van der Waals surface area contributed by atoms with E-state index in [0.717, 1.165) is 11.3 Å². The Morgan fingerprint density at radius 3 is 2.53 bits per heavy atom. The van der Waals surface area contributed by atoms with Crippen molar-refractivity contribution in [3.63, 3.8) is 0 Å². The van der Waals surface area contributed by atoms with Crippen LogP contribution in [0.5, 0.6) is 5.88 Å². The average Bonchev–Trinajstić information content (AvgIpc) is 3.20. The molecular formula is C23H24N2O4S. The van der Waals surface area contributed by atoms with Gasteiger partial charge in [-0.3, -0.25) is 4.57 Å². The lowest BCUT2D eigenvalue weighted by Gasteiger charge is -2.19. The molecule has 4 rings (SSSR count). The summed E-state index contributed by atoms with van der Waals surface area (Å²) in [4.78, 5) is 17.5. The molecule has 156 valence electrons. The second kappa shape index (κ2) is 9.93. The zero-order chi connectivity index (χ0) is 20.8. The third kappa shape index (κ3) is 5.11. The summed E-state index contributed by atoms with van der Waals surface area (Å²) in [5.74, 6) is 1.03. The third-order valence-corrected chi connectivity index (χ3v) is 6.07. The maximum absolute atomic E-state index is 12.4. The standard InChI is InChI=1S/C23H24N2O4S/c1-27-21-12-13-25(23(26)24-21)22-14-19(28-15-17-8-4-2-5-9-17)20(29-22)16-30-18-10-6-3-7-11-18/h2-13,19-20,22H,14-16H2,1H3/t19-,20+,22+/m0/s1. The molecule has 30 heavy (non-hydrogen) atoms. The molecule has 0 saturated carbocycles. The van der Waals surface area contributed by atoms with Gasteiger partial charge in [-0.2, -0.15) is 4.98 Å². The van der Waals surface area contributed by atoms with E-state index in [2.05, 4.69) is 17.1 Å². The smallest absolute Gasteiger partial charge is 0.352 e. The van der Waals surface area contributed by atoms with E-state index >= 15 is 0 Å². The zero-order valence-electron chi connectivity index (χ0n) is 16.7. The van der Waals surface area contributed by atoms with Crippen molar-refractivity contribution in [2.75, 3.05) is 12.9 Å². The van der Waals surface area contributed by atoms with E-state index < -0.39 is 11.9 Å². The van der Waals surface area contributed by atoms with Crippen molar-refractivity contribution in [2.24, 2.45) is 0 Å². The van der Waals surface area contributed by atoms with Gasteiger partial charge in [0.2, 0.25) is 5.88 Å². The van der Waals surface area contributed by atoms with Gasteiger partial charge >= 0.3 is 5.69 Å². The first-order chi connectivity index (χ1) is 14.7. The number of nitrogens with zero attached hydrogens (tertiary/aromatic N) is 2. The number of hydrogen-bond acceptors (Lipinski definition) is 6. The van der Waals surface area contributed by atoms with Crippen LogP contribution >= 0.6 is 11.8 Å². The van der Waals surface area contributed by atoms with Crippen LogP contribution in [0.4, 0.5) is 0 Å². The van der Waals surface area contributed by atoms with Gasteiger partial charge in [-0.05, 0) is 17.7 Å². The van der Waals surface area contributed by atoms with Crippen LogP contribution in [0, 0.1) is 0 Å². The van der Waals surface area contributed by atoms with Crippen molar-refractivity contribution in [2.45, 2.75) is 36.4 Å². The number of thioether (sulfide) groups is 1. The SMILES string of the molecule is COc1ccn([C@H]2C[C@H](OCc3ccccc3)[C@@H](CSc3ccccc3)O2)c(=O)n1. The average molecular weight is 425 g/mol. The molecule has 3 atom stereocenters. The van der Waals surface area contributed by atoms with Crippen molar-refractivity contribution in [3.05, 3.63) is 89.0 Å². The van der Waals surface area contributed by atoms with Crippen molar-refractivity contribution in [1.82, 2.24) is 9.55 Å². The molecule has 0 amide bonds. The van der Waals surface area contributed by atoms with E-state index in [0.29, 0.717) is 18.9 Å². The lowest BCUT2D eigenvalue weighted by Crippen LogP contribution is -2.27. The molecule has 2 heterocycles. The Morgan fingerprint density at radius 2 is 1.83 bits per heavy atom. The van der Waals surface area contributed by atoms with Crippen LogP contribution in [0.2, 0.25) is 0 Å². The van der Waals surface area contributed by atoms with Crippen molar-refractivity contribution in [1.29, 1.82) is 0 Å². The van der Waals surface area contributed by atoms with Gasteiger partial charge in [0.15, 0.2) is 0 Å². The van der Waals surface area contributed by atoms with E-state index in [1.54, 1.807) is 24.0 Å². The minimum absolute atomic E-state index is 0.125. The van der Waals surface area contributed by atoms with Crippen LogP contribution in [0.15, 0.2) is 82.6 Å². The maximum Gasteiger partial charge on any atom is 0.352 e. The molecule has 0 aliphatic carbocycles. The summed E-state index contributed by atoms with van der Waals surface area (Å²) >= 11 is 1.72. The van der Waals surface area contributed by atoms with Gasteiger partial charge < -0.3 is 14.2 Å². The summed E-state index contributed by atoms with van der Waals surface area (Å²) in [6.45, 7) is 0.504. The minimum Gasteiger partial charge on any atom is -0.481 e. The van der Waals surface area contributed by atoms with E-state index in [9.17, 15) is 4.79 Å². The predicted molar refractivity (Wildman–Crippen MR) is 116 cm³/mol. The highest BCUT2D eigenvalue weighted by Crippen LogP contribution is 2.34. The Kier molecular flexibility index (Phi) is 6.84. The quantitative estimate of drug-likeness (QED) is 0.511. The topological polar surface area (TPSA) is 62.6 Å². The molecule has 0 N–H and O–H groups in total. The van der Waals surface area contributed by atoms with Gasteiger partial charge in [0.05, 0.1) is 25.9 Å². The molecular weight excluding hydrogens is 400 g/mol. The monoisotopic (exact) mass is 424 g/mol. The van der Waals surface area contributed by atoms with Gasteiger partial charge in [-0.15, -0.1) is 11.8 Å². The van der Waals surface area contributed by atoms with Gasteiger partial charge in [0.1, 0.15) is 6.23 Å². The molecule has 1 aromatic heterocycles. The van der Waals surface area contributed by atoms with E-state index in [4.69, 9.17) is 14.2 Å². The maximum atomic E-state index is 12.4. The van der Waals surface area contributed by atoms with Crippen molar-refractivity contribution in [3.8, 4) is 5.88 Å². The van der Waals surface area contributed by atoms with Crippen LogP contribution in [-0.4, -0.2) is 34.6 Å². The molecule has 3 aromatic rings. The first-order valence-electron chi connectivity index (χ1n) is 9.85. The molecule has 1 aliphatic rings. The summed E-state index contributed by atoms with van der Waals surface area (Å²) in [5.41, 5.74) is 0.719. The van der Waals surface area contributed by atoms with Gasteiger partial charge in [0, 0.05) is 29.3 Å². The second-order valence-electron chi connectivity index (χ2n) is 6.98. The highest BCUT2D eigenvalue weighted by atomic mass is 32.2. The normalized spacial score (nSPS) is 20.9. The van der Waals surface area contributed by atoms with Crippen LogP contribution in [0.3, 0.4) is 0 Å². The summed E-state index contributed by atoms with van der Waals surface area (Å²) < 4.78 is 19.0. The second-order valence-corrected chi connectivity index (χ2v) is 8.08. The summed E-state index contributed by atoms with van der Waals surface area (Å²) in [6.07, 6.45) is 1.57. The Bertz CT molecular complexity index is 945. The fraction of sp³-hybridized carbons (Fsp3) is 0.304. The molecule has 0 radical (unpaired) electrons. The number of methoxy groups -OCH3 is 1. The number of rotatable bonds is 8. The molecule has 0 bridgehead atoms. The largest absolute Gasteiger partial charge is 0.481 e. The zero-order valence-corrected chi connectivity index (χ0v) is 17.5. The molecule has 6 nitrogen and oxygen atoms in total. The molecule has 0 spiro atoms. The number of hydrogen-bond donors (Lipinski definition) is 0. The molecule has 1 saturated heterocycles.